The van der Waals surface area contributed by atoms with Gasteiger partial charge in [-0.2, -0.15) is 0 Å². The van der Waals surface area contributed by atoms with E-state index in [4.69, 9.17) is 9.47 Å². The van der Waals surface area contributed by atoms with Crippen LogP contribution >= 0.6 is 15.9 Å². The number of hydrogen-bond donors (Lipinski definition) is 3. The van der Waals surface area contributed by atoms with Gasteiger partial charge in [-0.25, -0.2) is 4.79 Å². The molecule has 3 aromatic carbocycles. The highest BCUT2D eigenvalue weighted by Crippen LogP contribution is 2.41. The van der Waals surface area contributed by atoms with Crippen LogP contribution in [0.4, 0.5) is 16.2 Å². The first kappa shape index (κ1) is 22.6. The highest BCUT2D eigenvalue weighted by molar-refractivity contribution is 9.10. The van der Waals surface area contributed by atoms with Crippen LogP contribution in [0.2, 0.25) is 0 Å². The van der Waals surface area contributed by atoms with Gasteiger partial charge in [0.25, 0.3) is 11.6 Å². The summed E-state index contributed by atoms with van der Waals surface area (Å²) in [5.41, 5.74) is -0.781. The van der Waals surface area contributed by atoms with Crippen LogP contribution in [0.25, 0.3) is 0 Å². The molecule has 0 spiro atoms. The van der Waals surface area contributed by atoms with E-state index in [0.717, 1.165) is 10.5 Å². The number of para-hydroxylation sites is 1. The average Bonchev–Trinajstić information content (AvgIpc) is 2.83. The largest absolute Gasteiger partial charge is 0.497 e. The van der Waals surface area contributed by atoms with Crippen molar-refractivity contribution >= 4 is 39.2 Å². The number of anilines is 2. The zero-order valence-electron chi connectivity index (χ0n) is 18.0. The lowest BCUT2D eigenvalue weighted by Crippen LogP contribution is -2.62. The van der Waals surface area contributed by atoms with Gasteiger partial charge in [0, 0.05) is 28.2 Å². The van der Waals surface area contributed by atoms with E-state index in [1.807, 2.05) is 12.1 Å². The van der Waals surface area contributed by atoms with Crippen LogP contribution in [0.3, 0.4) is 0 Å². The standard InChI is InChI=1S/C24H22BrN3O5/c1-32-18-8-5-7-17(13-18)28-23(30)27-20-11-10-16(25)12-19(20)24(28,31)22(29)26-14-15-6-3-4-9-21(15)33-2/h3-13,31H,14H2,1-2H3,(H,26,29)(H,27,30). The number of fused-ring (bicyclic) bond motifs is 1. The summed E-state index contributed by atoms with van der Waals surface area (Å²) in [6, 6.07) is 18.1. The third-order valence-electron chi connectivity index (χ3n) is 5.39. The van der Waals surface area contributed by atoms with Crippen LogP contribution in [0, 0.1) is 0 Å². The van der Waals surface area contributed by atoms with Crippen molar-refractivity contribution in [2.75, 3.05) is 24.4 Å². The highest BCUT2D eigenvalue weighted by atomic mass is 79.9. The number of methoxy groups -OCH3 is 2. The van der Waals surface area contributed by atoms with Gasteiger partial charge in [-0.1, -0.05) is 40.2 Å². The number of carbonyl (C=O) groups is 2. The molecule has 0 aliphatic carbocycles. The van der Waals surface area contributed by atoms with E-state index in [1.54, 1.807) is 54.6 Å². The molecular formula is C24H22BrN3O5. The molecule has 1 heterocycles. The summed E-state index contributed by atoms with van der Waals surface area (Å²) in [5, 5.41) is 17.4. The van der Waals surface area contributed by atoms with Crippen molar-refractivity contribution in [1.82, 2.24) is 5.32 Å². The van der Waals surface area contributed by atoms with Gasteiger partial charge in [0.2, 0.25) is 0 Å². The smallest absolute Gasteiger partial charge is 0.329 e. The summed E-state index contributed by atoms with van der Waals surface area (Å²) in [7, 11) is 3.03. The van der Waals surface area contributed by atoms with E-state index in [2.05, 4.69) is 26.6 Å². The van der Waals surface area contributed by atoms with Crippen molar-refractivity contribution in [1.29, 1.82) is 0 Å². The Morgan fingerprint density at radius 1 is 1.09 bits per heavy atom. The van der Waals surface area contributed by atoms with Crippen molar-refractivity contribution < 1.29 is 24.2 Å². The molecule has 8 nitrogen and oxygen atoms in total. The normalized spacial score (nSPS) is 17.1. The second-order valence-electron chi connectivity index (χ2n) is 7.32. The van der Waals surface area contributed by atoms with Gasteiger partial charge in [0.15, 0.2) is 0 Å². The molecule has 0 radical (unpaired) electrons. The van der Waals surface area contributed by atoms with Gasteiger partial charge < -0.3 is 25.2 Å². The molecule has 3 aromatic rings. The van der Waals surface area contributed by atoms with Crippen LogP contribution in [-0.4, -0.2) is 31.3 Å². The van der Waals surface area contributed by atoms with Crippen molar-refractivity contribution in [2.45, 2.75) is 12.3 Å². The van der Waals surface area contributed by atoms with Crippen LogP contribution in [-0.2, 0) is 17.1 Å². The Hall–Kier alpha value is -3.56. The average molecular weight is 512 g/mol. The Bertz CT molecular complexity index is 1220. The number of aliphatic hydroxyl groups is 1. The molecule has 0 bridgehead atoms. The van der Waals surface area contributed by atoms with Crippen molar-refractivity contribution in [2.24, 2.45) is 0 Å². The molecule has 3 N–H and O–H groups in total. The minimum absolute atomic E-state index is 0.0854. The van der Waals surface area contributed by atoms with E-state index in [0.29, 0.717) is 21.7 Å². The molecule has 170 valence electrons. The van der Waals surface area contributed by atoms with E-state index in [-0.39, 0.29) is 17.8 Å². The van der Waals surface area contributed by atoms with Crippen molar-refractivity contribution in [3.8, 4) is 11.5 Å². The fourth-order valence-corrected chi connectivity index (χ4v) is 4.14. The zero-order chi connectivity index (χ0) is 23.6. The minimum Gasteiger partial charge on any atom is -0.497 e. The molecule has 0 fully saturated rings. The monoisotopic (exact) mass is 511 g/mol. The summed E-state index contributed by atoms with van der Waals surface area (Å²) in [6.45, 7) is 0.0854. The number of nitrogens with zero attached hydrogens (tertiary/aromatic N) is 1. The lowest BCUT2D eigenvalue weighted by atomic mass is 9.94. The number of amides is 3. The highest BCUT2D eigenvalue weighted by Gasteiger charge is 2.52. The van der Waals surface area contributed by atoms with Crippen molar-refractivity contribution in [3.05, 3.63) is 82.3 Å². The summed E-state index contributed by atoms with van der Waals surface area (Å²) >= 11 is 3.39. The van der Waals surface area contributed by atoms with Crippen LogP contribution < -0.4 is 25.0 Å². The van der Waals surface area contributed by atoms with Crippen molar-refractivity contribution in [3.63, 3.8) is 0 Å². The molecule has 33 heavy (non-hydrogen) atoms. The predicted octanol–water partition coefficient (Wildman–Crippen LogP) is 3.98. The summed E-state index contributed by atoms with van der Waals surface area (Å²) in [4.78, 5) is 27.7. The van der Waals surface area contributed by atoms with E-state index < -0.39 is 17.7 Å². The minimum atomic E-state index is -2.34. The maximum Gasteiger partial charge on any atom is 0.329 e. The third kappa shape index (κ3) is 4.12. The molecule has 0 aromatic heterocycles. The molecule has 9 heteroatoms. The summed E-state index contributed by atoms with van der Waals surface area (Å²) in [6.07, 6.45) is 0. The fourth-order valence-electron chi connectivity index (χ4n) is 3.78. The number of benzene rings is 3. The molecule has 1 aliphatic heterocycles. The molecular weight excluding hydrogens is 490 g/mol. The van der Waals surface area contributed by atoms with Crippen LogP contribution in [0.1, 0.15) is 11.1 Å². The molecule has 1 unspecified atom stereocenters. The lowest BCUT2D eigenvalue weighted by molar-refractivity contribution is -0.140. The Kier molecular flexibility index (Phi) is 6.26. The van der Waals surface area contributed by atoms with E-state index in [9.17, 15) is 14.7 Å². The Labute approximate surface area is 199 Å². The van der Waals surface area contributed by atoms with Gasteiger partial charge in [-0.3, -0.25) is 9.69 Å². The Morgan fingerprint density at radius 2 is 1.88 bits per heavy atom. The molecule has 1 atom stereocenters. The first-order valence-corrected chi connectivity index (χ1v) is 10.9. The maximum atomic E-state index is 13.6. The first-order chi connectivity index (χ1) is 15.9. The number of rotatable bonds is 6. The topological polar surface area (TPSA) is 100 Å². The number of carbonyl (C=O) groups excluding carboxylic acids is 2. The SMILES string of the molecule is COc1cccc(N2C(=O)Nc3ccc(Br)cc3C2(O)C(=O)NCc2ccccc2OC)c1. The quantitative estimate of drug-likeness (QED) is 0.464. The number of halogens is 1. The molecule has 1 aliphatic rings. The number of ether oxygens (including phenoxy) is 2. The van der Waals surface area contributed by atoms with Crippen LogP contribution in [0.5, 0.6) is 11.5 Å². The maximum absolute atomic E-state index is 13.6. The second kappa shape index (κ2) is 9.13. The Morgan fingerprint density at radius 3 is 2.64 bits per heavy atom. The van der Waals surface area contributed by atoms with Crippen LogP contribution in [0.15, 0.2) is 71.2 Å². The summed E-state index contributed by atoms with van der Waals surface area (Å²) in [5.74, 6) is 0.293. The Balaban J connectivity index is 1.79. The van der Waals surface area contributed by atoms with Gasteiger partial charge in [-0.05, 0) is 36.4 Å². The number of nitrogens with one attached hydrogen (secondary N) is 2. The number of hydrogen-bond acceptors (Lipinski definition) is 5. The predicted molar refractivity (Wildman–Crippen MR) is 127 cm³/mol. The second-order valence-corrected chi connectivity index (χ2v) is 8.24. The number of urea groups is 1. The molecule has 4 rings (SSSR count). The molecule has 0 saturated carbocycles. The lowest BCUT2D eigenvalue weighted by Gasteiger charge is -2.42. The van der Waals surface area contributed by atoms with Gasteiger partial charge in [0.05, 0.1) is 25.6 Å². The first-order valence-electron chi connectivity index (χ1n) is 10.1. The summed E-state index contributed by atoms with van der Waals surface area (Å²) < 4.78 is 11.2. The zero-order valence-corrected chi connectivity index (χ0v) is 19.5. The van der Waals surface area contributed by atoms with E-state index in [1.165, 1.54) is 14.2 Å². The fraction of sp³-hybridized carbons (Fsp3) is 0.167. The molecule has 3 amide bonds. The van der Waals surface area contributed by atoms with Gasteiger partial charge in [-0.15, -0.1) is 0 Å². The van der Waals surface area contributed by atoms with Gasteiger partial charge in [0.1, 0.15) is 11.5 Å². The molecule has 0 saturated heterocycles. The third-order valence-corrected chi connectivity index (χ3v) is 5.88. The van der Waals surface area contributed by atoms with E-state index >= 15 is 0 Å². The van der Waals surface area contributed by atoms with Gasteiger partial charge >= 0.3 is 6.03 Å².